The number of halogens is 2. The van der Waals surface area contributed by atoms with E-state index in [9.17, 15) is 8.42 Å². The zero-order chi connectivity index (χ0) is 12.0. The Hall–Kier alpha value is 0.580. The van der Waals surface area contributed by atoms with Crippen molar-refractivity contribution >= 4 is 47.6 Å². The second-order valence-electron chi connectivity index (χ2n) is 5.68. The first kappa shape index (κ1) is 11.7. The van der Waals surface area contributed by atoms with Gasteiger partial charge in [0, 0.05) is 5.41 Å². The van der Waals surface area contributed by atoms with Gasteiger partial charge in [0.1, 0.15) is 3.23 Å². The van der Waals surface area contributed by atoms with Crippen LogP contribution in [0.4, 0.5) is 0 Å². The van der Waals surface area contributed by atoms with Crippen LogP contribution in [0.2, 0.25) is 0 Å². The van der Waals surface area contributed by atoms with Gasteiger partial charge in [-0.25, -0.2) is 8.42 Å². The number of nitrogens with zero attached hydrogens (tertiary/aromatic N) is 1. The lowest BCUT2D eigenvalue weighted by atomic mass is 9.70. The summed E-state index contributed by atoms with van der Waals surface area (Å²) in [5.41, 5.74) is 0.549. The van der Waals surface area contributed by atoms with Gasteiger partial charge in [-0.1, -0.05) is 45.7 Å². The van der Waals surface area contributed by atoms with Crippen molar-refractivity contribution in [2.45, 2.75) is 29.9 Å². The monoisotopic (exact) mass is 369 g/mol. The minimum atomic E-state index is -3.26. The van der Waals surface area contributed by atoms with Gasteiger partial charge in [-0.2, -0.15) is 4.40 Å². The van der Waals surface area contributed by atoms with Gasteiger partial charge >= 0.3 is 0 Å². The van der Waals surface area contributed by atoms with Crippen LogP contribution >= 0.6 is 31.9 Å². The van der Waals surface area contributed by atoms with E-state index in [0.29, 0.717) is 5.92 Å². The molecule has 3 aliphatic rings. The fourth-order valence-electron chi connectivity index (χ4n) is 3.91. The van der Waals surface area contributed by atoms with Crippen LogP contribution in [-0.2, 0) is 10.0 Å². The molecule has 1 spiro atoms. The summed E-state index contributed by atoms with van der Waals surface area (Å²) in [6, 6.07) is 0. The smallest absolute Gasteiger partial charge is 0.205 e. The minimum absolute atomic E-state index is 0.0115. The normalized spacial score (nSPS) is 45.5. The molecule has 0 aromatic rings. The van der Waals surface area contributed by atoms with E-state index < -0.39 is 13.3 Å². The first-order chi connectivity index (χ1) is 7.14. The van der Waals surface area contributed by atoms with E-state index >= 15 is 0 Å². The van der Waals surface area contributed by atoms with E-state index in [0.717, 1.165) is 18.6 Å². The lowest BCUT2D eigenvalue weighted by Crippen LogP contribution is -2.39. The molecular formula is C10H13Br2NO2S. The van der Waals surface area contributed by atoms with Crippen LogP contribution in [0.15, 0.2) is 4.40 Å². The molecule has 1 aliphatic heterocycles. The van der Waals surface area contributed by atoms with Crippen LogP contribution in [-0.4, -0.2) is 23.1 Å². The Bertz CT molecular complexity index is 509. The number of sulfonamides is 1. The third-order valence-corrected chi connectivity index (χ3v) is 8.00. The van der Waals surface area contributed by atoms with Crippen molar-refractivity contribution in [3.8, 4) is 0 Å². The van der Waals surface area contributed by atoms with Gasteiger partial charge in [0.05, 0.1) is 11.5 Å². The number of alkyl halides is 2. The fraction of sp³-hybridized carbons (Fsp3) is 0.900. The molecule has 0 N–H and O–H groups in total. The Labute approximate surface area is 112 Å². The van der Waals surface area contributed by atoms with E-state index in [1.807, 2.05) is 0 Å². The molecule has 1 heterocycles. The summed E-state index contributed by atoms with van der Waals surface area (Å²) < 4.78 is 27.1. The van der Waals surface area contributed by atoms with Crippen molar-refractivity contribution in [3.05, 3.63) is 0 Å². The van der Waals surface area contributed by atoms with E-state index in [1.54, 1.807) is 0 Å². The molecule has 2 fully saturated rings. The van der Waals surface area contributed by atoms with E-state index in [2.05, 4.69) is 50.1 Å². The molecule has 2 bridgehead atoms. The topological polar surface area (TPSA) is 46.5 Å². The average molecular weight is 371 g/mol. The van der Waals surface area contributed by atoms with Crippen molar-refractivity contribution in [1.29, 1.82) is 0 Å². The lowest BCUT2D eigenvalue weighted by molar-refractivity contribution is 0.198. The maximum Gasteiger partial charge on any atom is 0.254 e. The molecule has 2 aliphatic carbocycles. The number of fused-ring (bicyclic) bond motifs is 1. The maximum atomic E-state index is 11.8. The molecule has 6 heteroatoms. The fourth-order valence-corrected chi connectivity index (χ4v) is 8.62. The molecule has 16 heavy (non-hydrogen) atoms. The molecule has 3 rings (SSSR count). The summed E-state index contributed by atoms with van der Waals surface area (Å²) in [5, 5.41) is 0. The highest BCUT2D eigenvalue weighted by atomic mass is 79.9. The summed E-state index contributed by atoms with van der Waals surface area (Å²) >= 11 is 7.30. The summed E-state index contributed by atoms with van der Waals surface area (Å²) in [4.78, 5) is 0. The second kappa shape index (κ2) is 2.77. The Morgan fingerprint density at radius 1 is 1.38 bits per heavy atom. The molecule has 0 radical (unpaired) electrons. The molecule has 90 valence electrons. The molecule has 3 nitrogen and oxygen atoms in total. The van der Waals surface area contributed by atoms with Gasteiger partial charge in [-0.15, -0.1) is 0 Å². The van der Waals surface area contributed by atoms with Crippen LogP contribution in [0.25, 0.3) is 0 Å². The Morgan fingerprint density at radius 3 is 2.56 bits per heavy atom. The van der Waals surface area contributed by atoms with Gasteiger partial charge in [0.15, 0.2) is 0 Å². The molecule has 2 saturated carbocycles. The molecule has 0 aromatic carbocycles. The molecule has 0 aromatic heterocycles. The Morgan fingerprint density at radius 2 is 2.00 bits per heavy atom. The molecule has 0 amide bonds. The highest BCUT2D eigenvalue weighted by Crippen LogP contribution is 2.73. The standard InChI is InChI=1S/C10H13Br2NO2S/c1-8(2)6-3-4-9(8)5-16(14,15)13-7(9)10(6,11)12/h6H,3-5H2,1-2H3/t6-,9+/m0/s1. The average Bonchev–Trinajstić information content (AvgIpc) is 2.53. The maximum absolute atomic E-state index is 11.8. The highest BCUT2D eigenvalue weighted by molar-refractivity contribution is 9.26. The molecule has 2 atom stereocenters. The van der Waals surface area contributed by atoms with Crippen LogP contribution in [0.5, 0.6) is 0 Å². The Balaban J connectivity index is 2.31. The number of hydrogen-bond acceptors (Lipinski definition) is 2. The summed E-state index contributed by atoms with van der Waals surface area (Å²) in [6.45, 7) is 4.34. The van der Waals surface area contributed by atoms with Gasteiger partial charge < -0.3 is 0 Å². The van der Waals surface area contributed by atoms with E-state index in [-0.39, 0.29) is 16.6 Å². The second-order valence-corrected chi connectivity index (χ2v) is 10.9. The third-order valence-electron chi connectivity index (χ3n) is 4.83. The lowest BCUT2D eigenvalue weighted by Gasteiger charge is -2.33. The Kier molecular flexibility index (Phi) is 2.02. The molecular weight excluding hydrogens is 358 g/mol. The predicted octanol–water partition coefficient (Wildman–Crippen LogP) is 2.69. The van der Waals surface area contributed by atoms with Crippen LogP contribution in [0.3, 0.4) is 0 Å². The molecule has 0 unspecified atom stereocenters. The predicted molar refractivity (Wildman–Crippen MR) is 70.7 cm³/mol. The first-order valence-corrected chi connectivity index (χ1v) is 8.54. The van der Waals surface area contributed by atoms with Crippen LogP contribution < -0.4 is 0 Å². The summed E-state index contributed by atoms with van der Waals surface area (Å²) in [5.74, 6) is 0.604. The van der Waals surface area contributed by atoms with Gasteiger partial charge in [-0.05, 0) is 24.2 Å². The number of rotatable bonds is 0. The molecule has 0 saturated heterocycles. The number of hydrogen-bond donors (Lipinski definition) is 0. The van der Waals surface area contributed by atoms with Crippen molar-refractivity contribution < 1.29 is 8.42 Å². The van der Waals surface area contributed by atoms with Crippen molar-refractivity contribution in [1.82, 2.24) is 0 Å². The van der Waals surface area contributed by atoms with Crippen molar-refractivity contribution in [2.24, 2.45) is 21.1 Å². The largest absolute Gasteiger partial charge is 0.254 e. The summed E-state index contributed by atoms with van der Waals surface area (Å²) in [7, 11) is -3.26. The van der Waals surface area contributed by atoms with Gasteiger partial charge in [0.2, 0.25) is 0 Å². The minimum Gasteiger partial charge on any atom is -0.205 e. The zero-order valence-corrected chi connectivity index (χ0v) is 13.1. The third kappa shape index (κ3) is 1.05. The SMILES string of the molecule is CC1(C)[C@@H]2CC[C@]13CS(=O)(=O)N=C3C2(Br)Br. The van der Waals surface area contributed by atoms with Crippen LogP contribution in [0, 0.1) is 16.7 Å². The zero-order valence-electron chi connectivity index (χ0n) is 9.13. The highest BCUT2D eigenvalue weighted by Gasteiger charge is 2.75. The van der Waals surface area contributed by atoms with E-state index in [4.69, 9.17) is 0 Å². The van der Waals surface area contributed by atoms with E-state index in [1.165, 1.54) is 0 Å². The summed E-state index contributed by atoms with van der Waals surface area (Å²) in [6.07, 6.45) is 2.00. The first-order valence-electron chi connectivity index (χ1n) is 5.35. The van der Waals surface area contributed by atoms with Crippen LogP contribution in [0.1, 0.15) is 26.7 Å². The van der Waals surface area contributed by atoms with Crippen molar-refractivity contribution in [2.75, 3.05) is 5.75 Å². The van der Waals surface area contributed by atoms with Gasteiger partial charge in [0.25, 0.3) is 10.0 Å². The van der Waals surface area contributed by atoms with Gasteiger partial charge in [-0.3, -0.25) is 0 Å². The quantitative estimate of drug-likeness (QED) is 0.615. The van der Waals surface area contributed by atoms with Crippen molar-refractivity contribution in [3.63, 3.8) is 0 Å².